The molecule has 0 bridgehead atoms. The number of para-hydroxylation sites is 2. The third-order valence-electron chi connectivity index (χ3n) is 3.45. The number of hydrogen-bond donors (Lipinski definition) is 1. The lowest BCUT2D eigenvalue weighted by Gasteiger charge is -2.09. The predicted octanol–water partition coefficient (Wildman–Crippen LogP) is 1.72. The Morgan fingerprint density at radius 1 is 1.10 bits per heavy atom. The minimum Gasteiger partial charge on any atom is -0.316 e. The molecule has 5 heteroatoms. The van der Waals surface area contributed by atoms with Gasteiger partial charge >= 0.3 is 11.1 Å². The Hall–Kier alpha value is -2.69. The van der Waals surface area contributed by atoms with Crippen LogP contribution in [0.1, 0.15) is 12.0 Å². The van der Waals surface area contributed by atoms with Gasteiger partial charge in [0.05, 0.1) is 11.0 Å². The van der Waals surface area contributed by atoms with Crippen LogP contribution < -0.4 is 11.1 Å². The number of nitrogens with one attached hydrogen (secondary N) is 1. The number of H-pyrrole nitrogens is 1. The van der Waals surface area contributed by atoms with E-state index in [2.05, 4.69) is 9.97 Å². The fourth-order valence-electron chi connectivity index (χ4n) is 2.43. The summed E-state index contributed by atoms with van der Waals surface area (Å²) in [5, 5.41) is 0. The normalized spacial score (nSPS) is 10.9. The average Bonchev–Trinajstić information content (AvgIpc) is 2.52. The first-order valence-electron chi connectivity index (χ1n) is 6.86. The van der Waals surface area contributed by atoms with Crippen LogP contribution in [-0.4, -0.2) is 14.5 Å². The maximum atomic E-state index is 12.0. The summed E-state index contributed by atoms with van der Waals surface area (Å²) in [7, 11) is 0. The molecule has 106 valence electrons. The maximum Gasteiger partial charge on any atom is 0.316 e. The lowest BCUT2D eigenvalue weighted by atomic mass is 10.1. The number of pyridine rings is 1. The van der Waals surface area contributed by atoms with Crippen LogP contribution >= 0.6 is 0 Å². The molecule has 2 heterocycles. The van der Waals surface area contributed by atoms with Gasteiger partial charge in [0.2, 0.25) is 0 Å². The maximum absolute atomic E-state index is 12.0. The molecule has 1 N–H and O–H groups in total. The zero-order valence-electron chi connectivity index (χ0n) is 11.5. The van der Waals surface area contributed by atoms with Gasteiger partial charge in [-0.05, 0) is 36.6 Å². The van der Waals surface area contributed by atoms with Gasteiger partial charge in [-0.15, -0.1) is 0 Å². The largest absolute Gasteiger partial charge is 0.316 e. The van der Waals surface area contributed by atoms with Crippen molar-refractivity contribution < 1.29 is 0 Å². The number of rotatable bonds is 4. The van der Waals surface area contributed by atoms with Gasteiger partial charge in [0, 0.05) is 18.9 Å². The number of benzene rings is 1. The summed E-state index contributed by atoms with van der Waals surface area (Å²) < 4.78 is 1.55. The number of aromatic nitrogens is 3. The Bertz CT molecular complexity index is 866. The van der Waals surface area contributed by atoms with Gasteiger partial charge in [-0.3, -0.25) is 14.6 Å². The molecule has 0 aliphatic rings. The van der Waals surface area contributed by atoms with E-state index < -0.39 is 11.1 Å². The number of aromatic amines is 1. The van der Waals surface area contributed by atoms with Crippen molar-refractivity contribution in [3.05, 3.63) is 75.1 Å². The zero-order valence-corrected chi connectivity index (χ0v) is 11.5. The van der Waals surface area contributed by atoms with Crippen molar-refractivity contribution in [2.45, 2.75) is 19.4 Å². The monoisotopic (exact) mass is 281 g/mol. The van der Waals surface area contributed by atoms with Gasteiger partial charge in [-0.2, -0.15) is 0 Å². The van der Waals surface area contributed by atoms with Crippen LogP contribution in [0.3, 0.4) is 0 Å². The van der Waals surface area contributed by atoms with Crippen LogP contribution in [0, 0.1) is 0 Å². The quantitative estimate of drug-likeness (QED) is 0.740. The molecule has 21 heavy (non-hydrogen) atoms. The van der Waals surface area contributed by atoms with Gasteiger partial charge in [-0.1, -0.05) is 18.2 Å². The standard InChI is InChI=1S/C16H15N3O2/c20-15-16(21)19(14-8-2-1-7-13(14)18-15)10-4-6-12-5-3-9-17-11-12/h1-3,5,7-9,11H,4,6,10H2,(H,18,20). The van der Waals surface area contributed by atoms with Crippen LogP contribution in [0.5, 0.6) is 0 Å². The van der Waals surface area contributed by atoms with E-state index in [-0.39, 0.29) is 0 Å². The molecule has 0 atom stereocenters. The van der Waals surface area contributed by atoms with Crippen molar-refractivity contribution >= 4 is 11.0 Å². The molecule has 3 rings (SSSR count). The second kappa shape index (κ2) is 5.75. The fraction of sp³-hybridized carbons (Fsp3) is 0.188. The summed E-state index contributed by atoms with van der Waals surface area (Å²) >= 11 is 0. The number of nitrogens with zero attached hydrogens (tertiary/aromatic N) is 2. The molecule has 0 fully saturated rings. The zero-order chi connectivity index (χ0) is 14.7. The van der Waals surface area contributed by atoms with Crippen molar-refractivity contribution in [1.82, 2.24) is 14.5 Å². The highest BCUT2D eigenvalue weighted by Crippen LogP contribution is 2.09. The van der Waals surface area contributed by atoms with E-state index in [1.807, 2.05) is 36.5 Å². The molecule has 0 unspecified atom stereocenters. The lowest BCUT2D eigenvalue weighted by molar-refractivity contribution is 0.634. The molecule has 0 radical (unpaired) electrons. The van der Waals surface area contributed by atoms with Gasteiger partial charge in [0.1, 0.15) is 0 Å². The molecule has 0 saturated heterocycles. The highest BCUT2D eigenvalue weighted by atomic mass is 16.2. The first-order chi connectivity index (χ1) is 10.3. The minimum atomic E-state index is -0.574. The molecule has 2 aromatic heterocycles. The summed E-state index contributed by atoms with van der Waals surface area (Å²) in [5.41, 5.74) is 1.49. The highest BCUT2D eigenvalue weighted by Gasteiger charge is 2.06. The van der Waals surface area contributed by atoms with E-state index in [1.165, 1.54) is 0 Å². The van der Waals surface area contributed by atoms with Crippen molar-refractivity contribution in [2.24, 2.45) is 0 Å². The Labute approximate surface area is 120 Å². The summed E-state index contributed by atoms with van der Waals surface area (Å²) in [4.78, 5) is 30.4. The van der Waals surface area contributed by atoms with Gasteiger partial charge in [0.25, 0.3) is 0 Å². The average molecular weight is 281 g/mol. The van der Waals surface area contributed by atoms with Gasteiger partial charge in [0.15, 0.2) is 0 Å². The van der Waals surface area contributed by atoms with E-state index in [0.29, 0.717) is 12.1 Å². The number of fused-ring (bicyclic) bond motifs is 1. The Morgan fingerprint density at radius 2 is 1.95 bits per heavy atom. The Morgan fingerprint density at radius 3 is 2.76 bits per heavy atom. The predicted molar refractivity (Wildman–Crippen MR) is 81.4 cm³/mol. The van der Waals surface area contributed by atoms with Crippen LogP contribution in [0.2, 0.25) is 0 Å². The molecule has 0 aliphatic heterocycles. The summed E-state index contributed by atoms with van der Waals surface area (Å²) in [6.07, 6.45) is 5.15. The van der Waals surface area contributed by atoms with Crippen molar-refractivity contribution in [2.75, 3.05) is 0 Å². The number of aryl methyl sites for hydroxylation is 2. The first-order valence-corrected chi connectivity index (χ1v) is 6.86. The molecule has 5 nitrogen and oxygen atoms in total. The highest BCUT2D eigenvalue weighted by molar-refractivity contribution is 5.74. The first kappa shape index (κ1) is 13.3. The molecule has 3 aromatic rings. The molecular weight excluding hydrogens is 266 g/mol. The van der Waals surface area contributed by atoms with Crippen LogP contribution in [-0.2, 0) is 13.0 Å². The lowest BCUT2D eigenvalue weighted by Crippen LogP contribution is -2.36. The van der Waals surface area contributed by atoms with E-state index in [4.69, 9.17) is 0 Å². The molecular formula is C16H15N3O2. The molecule has 0 saturated carbocycles. The van der Waals surface area contributed by atoms with Crippen LogP contribution in [0.15, 0.2) is 58.4 Å². The summed E-state index contributed by atoms with van der Waals surface area (Å²) in [6, 6.07) is 11.2. The summed E-state index contributed by atoms with van der Waals surface area (Å²) in [5.74, 6) is 0. The minimum absolute atomic E-state index is 0.500. The van der Waals surface area contributed by atoms with Crippen molar-refractivity contribution in [3.63, 3.8) is 0 Å². The Balaban J connectivity index is 1.88. The second-order valence-corrected chi connectivity index (χ2v) is 4.89. The van der Waals surface area contributed by atoms with E-state index >= 15 is 0 Å². The fourth-order valence-corrected chi connectivity index (χ4v) is 2.43. The van der Waals surface area contributed by atoms with Gasteiger partial charge in [-0.25, -0.2) is 0 Å². The van der Waals surface area contributed by atoms with Crippen molar-refractivity contribution in [1.29, 1.82) is 0 Å². The second-order valence-electron chi connectivity index (χ2n) is 4.89. The van der Waals surface area contributed by atoms with E-state index in [1.54, 1.807) is 16.8 Å². The van der Waals surface area contributed by atoms with Crippen LogP contribution in [0.25, 0.3) is 11.0 Å². The molecule has 0 spiro atoms. The Kier molecular flexibility index (Phi) is 3.64. The number of hydrogen-bond acceptors (Lipinski definition) is 3. The SMILES string of the molecule is O=c1[nH]c2ccccc2n(CCCc2cccnc2)c1=O. The molecule has 0 amide bonds. The van der Waals surface area contributed by atoms with Crippen LogP contribution in [0.4, 0.5) is 0 Å². The topological polar surface area (TPSA) is 67.8 Å². The summed E-state index contributed by atoms with van der Waals surface area (Å²) in [6.45, 7) is 0.512. The van der Waals surface area contributed by atoms with E-state index in [9.17, 15) is 9.59 Å². The smallest absolute Gasteiger partial charge is 0.316 e. The molecule has 1 aromatic carbocycles. The third kappa shape index (κ3) is 2.76. The molecule has 0 aliphatic carbocycles. The van der Waals surface area contributed by atoms with Gasteiger partial charge < -0.3 is 9.55 Å². The van der Waals surface area contributed by atoms with Crippen molar-refractivity contribution in [3.8, 4) is 0 Å². The third-order valence-corrected chi connectivity index (χ3v) is 3.45. The van der Waals surface area contributed by atoms with E-state index in [0.717, 1.165) is 23.9 Å².